The number of esters is 1. The number of hydrogen-bond donors (Lipinski definition) is 2. The molecule has 2 amide bonds. The molecule has 0 fully saturated rings. The van der Waals surface area contributed by atoms with Gasteiger partial charge in [-0.05, 0) is 50.5 Å². The number of nitrogens with one attached hydrogen (secondary N) is 2. The molecule has 0 heterocycles. The summed E-state index contributed by atoms with van der Waals surface area (Å²) in [4.78, 5) is 35.5. The summed E-state index contributed by atoms with van der Waals surface area (Å²) in [5.41, 5.74) is 0.407. The van der Waals surface area contributed by atoms with Crippen LogP contribution in [0, 0.1) is 5.92 Å². The third-order valence-corrected chi connectivity index (χ3v) is 4.01. The average Bonchev–Trinajstić information content (AvgIpc) is 2.65. The quantitative estimate of drug-likeness (QED) is 0.534. The fraction of sp³-hybridized carbons (Fsp3) is 0.571. The topological polar surface area (TPSA) is 93.7 Å². The molecule has 28 heavy (non-hydrogen) atoms. The monoisotopic (exact) mass is 392 g/mol. The Labute approximate surface area is 167 Å². The molecular weight excluding hydrogens is 360 g/mol. The van der Waals surface area contributed by atoms with E-state index in [9.17, 15) is 14.4 Å². The molecule has 0 aromatic heterocycles. The summed E-state index contributed by atoms with van der Waals surface area (Å²) >= 11 is 0. The normalized spacial score (nSPS) is 11.6. The summed E-state index contributed by atoms with van der Waals surface area (Å²) in [5, 5.41) is 5.27. The summed E-state index contributed by atoms with van der Waals surface area (Å²) in [6.45, 7) is 8.02. The van der Waals surface area contributed by atoms with Crippen molar-refractivity contribution in [2.75, 3.05) is 19.8 Å². The van der Waals surface area contributed by atoms with Crippen molar-refractivity contribution in [1.29, 1.82) is 0 Å². The lowest BCUT2D eigenvalue weighted by molar-refractivity contribution is -0.147. The van der Waals surface area contributed by atoms with Crippen LogP contribution in [0.2, 0.25) is 0 Å². The van der Waals surface area contributed by atoms with E-state index in [0.29, 0.717) is 23.8 Å². The van der Waals surface area contributed by atoms with Crippen LogP contribution in [0.3, 0.4) is 0 Å². The Morgan fingerprint density at radius 3 is 2.32 bits per heavy atom. The molecule has 0 radical (unpaired) electrons. The van der Waals surface area contributed by atoms with Crippen molar-refractivity contribution in [1.82, 2.24) is 10.6 Å². The fourth-order valence-electron chi connectivity index (χ4n) is 2.54. The van der Waals surface area contributed by atoms with Crippen LogP contribution in [0.4, 0.5) is 0 Å². The molecule has 0 spiro atoms. The Balaban J connectivity index is 2.25. The minimum Gasteiger partial charge on any atom is -0.494 e. The van der Waals surface area contributed by atoms with Gasteiger partial charge in [0.1, 0.15) is 12.3 Å². The first-order chi connectivity index (χ1) is 13.3. The summed E-state index contributed by atoms with van der Waals surface area (Å²) in [7, 11) is 0. The van der Waals surface area contributed by atoms with Gasteiger partial charge in [0.15, 0.2) is 6.61 Å². The largest absolute Gasteiger partial charge is 0.494 e. The third kappa shape index (κ3) is 9.94. The number of carbonyl (C=O) groups excluding carboxylic acids is 3. The van der Waals surface area contributed by atoms with Crippen LogP contribution in [0.15, 0.2) is 24.3 Å². The van der Waals surface area contributed by atoms with Crippen molar-refractivity contribution in [2.24, 2.45) is 5.92 Å². The second kappa shape index (κ2) is 12.8. The van der Waals surface area contributed by atoms with Crippen LogP contribution in [0.25, 0.3) is 0 Å². The molecule has 2 N–H and O–H groups in total. The summed E-state index contributed by atoms with van der Waals surface area (Å²) in [6, 6.07) is 6.62. The number of carbonyl (C=O) groups is 3. The number of ether oxygens (including phenoxy) is 2. The second-order valence-electron chi connectivity index (χ2n) is 7.09. The van der Waals surface area contributed by atoms with Gasteiger partial charge in [0.05, 0.1) is 6.61 Å². The first-order valence-electron chi connectivity index (χ1n) is 9.77. The molecular formula is C21H32N2O5. The van der Waals surface area contributed by atoms with Gasteiger partial charge >= 0.3 is 5.97 Å². The molecule has 0 aliphatic rings. The first kappa shape index (κ1) is 23.5. The number of amides is 2. The first-order valence-corrected chi connectivity index (χ1v) is 9.77. The lowest BCUT2D eigenvalue weighted by Crippen LogP contribution is -2.37. The molecule has 1 unspecified atom stereocenters. The van der Waals surface area contributed by atoms with Crippen LogP contribution < -0.4 is 15.4 Å². The Hall–Kier alpha value is -2.57. The SMILES string of the molecule is CCOc1ccc(C(=O)NCC(=O)OCC(=O)NC(C)CCCC(C)C)cc1. The lowest BCUT2D eigenvalue weighted by Gasteiger charge is -2.14. The molecule has 1 aromatic rings. The van der Waals surface area contributed by atoms with Crippen molar-refractivity contribution in [3.63, 3.8) is 0 Å². The molecule has 7 nitrogen and oxygen atoms in total. The molecule has 0 saturated heterocycles. The van der Waals surface area contributed by atoms with Crippen LogP contribution in [-0.4, -0.2) is 43.6 Å². The van der Waals surface area contributed by atoms with Crippen LogP contribution in [0.1, 0.15) is 57.3 Å². The molecule has 0 bridgehead atoms. The summed E-state index contributed by atoms with van der Waals surface area (Å²) in [6.07, 6.45) is 3.04. The average molecular weight is 392 g/mol. The molecule has 0 aliphatic carbocycles. The molecule has 1 rings (SSSR count). The Morgan fingerprint density at radius 1 is 1.04 bits per heavy atom. The zero-order valence-electron chi connectivity index (χ0n) is 17.2. The number of benzene rings is 1. The van der Waals surface area contributed by atoms with E-state index in [-0.39, 0.29) is 25.1 Å². The van der Waals surface area contributed by atoms with Crippen molar-refractivity contribution >= 4 is 17.8 Å². The minimum absolute atomic E-state index is 0.0318. The molecule has 1 atom stereocenters. The molecule has 0 saturated carbocycles. The highest BCUT2D eigenvalue weighted by Gasteiger charge is 2.12. The minimum atomic E-state index is -0.665. The van der Waals surface area contributed by atoms with Gasteiger partial charge in [0, 0.05) is 11.6 Å². The summed E-state index contributed by atoms with van der Waals surface area (Å²) in [5.74, 6) is -0.0991. The predicted molar refractivity (Wildman–Crippen MR) is 107 cm³/mol. The van der Waals surface area contributed by atoms with Crippen molar-refractivity contribution in [3.05, 3.63) is 29.8 Å². The van der Waals surface area contributed by atoms with Gasteiger partial charge in [-0.3, -0.25) is 14.4 Å². The smallest absolute Gasteiger partial charge is 0.325 e. The van der Waals surface area contributed by atoms with Gasteiger partial charge in [-0.2, -0.15) is 0 Å². The highest BCUT2D eigenvalue weighted by atomic mass is 16.5. The Morgan fingerprint density at radius 2 is 1.71 bits per heavy atom. The van der Waals surface area contributed by atoms with Crippen molar-refractivity contribution in [3.8, 4) is 5.75 Å². The Bertz CT molecular complexity index is 628. The van der Waals surface area contributed by atoms with Gasteiger partial charge in [-0.15, -0.1) is 0 Å². The van der Waals surface area contributed by atoms with Crippen LogP contribution in [0.5, 0.6) is 5.75 Å². The maximum absolute atomic E-state index is 12.0. The van der Waals surface area contributed by atoms with Crippen LogP contribution >= 0.6 is 0 Å². The predicted octanol–water partition coefficient (Wildman–Crippen LogP) is 2.69. The van der Waals surface area contributed by atoms with E-state index in [1.54, 1.807) is 24.3 Å². The number of rotatable bonds is 12. The van der Waals surface area contributed by atoms with E-state index in [4.69, 9.17) is 9.47 Å². The third-order valence-electron chi connectivity index (χ3n) is 4.01. The molecule has 0 aliphatic heterocycles. The van der Waals surface area contributed by atoms with Crippen LogP contribution in [-0.2, 0) is 14.3 Å². The zero-order valence-corrected chi connectivity index (χ0v) is 17.2. The molecule has 156 valence electrons. The highest BCUT2D eigenvalue weighted by Crippen LogP contribution is 2.12. The Kier molecular flexibility index (Phi) is 10.7. The molecule has 7 heteroatoms. The molecule has 1 aromatic carbocycles. The van der Waals surface area contributed by atoms with Gasteiger partial charge in [-0.25, -0.2) is 0 Å². The van der Waals surface area contributed by atoms with Gasteiger partial charge in [-0.1, -0.05) is 26.7 Å². The summed E-state index contributed by atoms with van der Waals surface area (Å²) < 4.78 is 10.2. The van der Waals surface area contributed by atoms with Gasteiger partial charge in [0.2, 0.25) is 0 Å². The van der Waals surface area contributed by atoms with E-state index in [2.05, 4.69) is 24.5 Å². The van der Waals surface area contributed by atoms with Crippen molar-refractivity contribution in [2.45, 2.75) is 53.0 Å². The van der Waals surface area contributed by atoms with Gasteiger partial charge < -0.3 is 20.1 Å². The fourth-order valence-corrected chi connectivity index (χ4v) is 2.54. The van der Waals surface area contributed by atoms with E-state index in [0.717, 1.165) is 19.3 Å². The van der Waals surface area contributed by atoms with Crippen molar-refractivity contribution < 1.29 is 23.9 Å². The van der Waals surface area contributed by atoms with E-state index in [1.807, 2.05) is 13.8 Å². The van der Waals surface area contributed by atoms with E-state index >= 15 is 0 Å². The van der Waals surface area contributed by atoms with E-state index in [1.165, 1.54) is 0 Å². The standard InChI is InChI=1S/C21H32N2O5/c1-5-27-18-11-9-17(10-12-18)21(26)22-13-20(25)28-14-19(24)23-16(4)8-6-7-15(2)3/h9-12,15-16H,5-8,13-14H2,1-4H3,(H,22,26)(H,23,24). The van der Waals surface area contributed by atoms with E-state index < -0.39 is 11.9 Å². The highest BCUT2D eigenvalue weighted by molar-refractivity contribution is 5.96. The lowest BCUT2D eigenvalue weighted by atomic mass is 10.0. The maximum Gasteiger partial charge on any atom is 0.325 e. The van der Waals surface area contributed by atoms with Gasteiger partial charge in [0.25, 0.3) is 11.8 Å². The maximum atomic E-state index is 12.0. The zero-order chi connectivity index (χ0) is 20.9. The number of hydrogen-bond acceptors (Lipinski definition) is 5. The second-order valence-corrected chi connectivity index (χ2v) is 7.09.